The Hall–Kier alpha value is -0.300. The Morgan fingerprint density at radius 2 is 1.62 bits per heavy atom. The summed E-state index contributed by atoms with van der Waals surface area (Å²) in [5, 5.41) is 10.2. The van der Waals surface area contributed by atoms with Crippen molar-refractivity contribution in [2.24, 2.45) is 52.3 Å². The lowest BCUT2D eigenvalue weighted by Gasteiger charge is -2.57. The summed E-state index contributed by atoms with van der Waals surface area (Å²) in [7, 11) is 0. The second kappa shape index (κ2) is 7.99. The minimum Gasteiger partial charge on any atom is -0.393 e. The van der Waals surface area contributed by atoms with E-state index >= 15 is 0 Å². The van der Waals surface area contributed by atoms with Crippen molar-refractivity contribution in [1.82, 2.24) is 0 Å². The minimum atomic E-state index is -0.0400. The van der Waals surface area contributed by atoms with Gasteiger partial charge in [-0.25, -0.2) is 0 Å². The fraction of sp³-hybridized carbons (Fsp3) is 0.929. The van der Waals surface area contributed by atoms with Gasteiger partial charge in [0, 0.05) is 0 Å². The number of fused-ring (bicyclic) bond motifs is 5. The van der Waals surface area contributed by atoms with Crippen LogP contribution in [0.4, 0.5) is 0 Å². The lowest BCUT2D eigenvalue weighted by Crippen LogP contribution is -2.49. The van der Waals surface area contributed by atoms with Crippen molar-refractivity contribution in [3.8, 4) is 0 Å². The molecule has 3 saturated carbocycles. The summed E-state index contributed by atoms with van der Waals surface area (Å²) < 4.78 is 0. The van der Waals surface area contributed by atoms with Crippen LogP contribution in [0.15, 0.2) is 11.6 Å². The van der Waals surface area contributed by atoms with E-state index in [4.69, 9.17) is 0 Å². The number of hydrogen-bond donors (Lipinski definition) is 1. The third-order valence-corrected chi connectivity index (χ3v) is 11.0. The number of rotatable bonds is 5. The molecule has 0 spiro atoms. The standard InChI is InChI=1S/C28H48O/c1-18(2)19(3)7-8-20(4)24-11-12-25-23-10-9-21-17-22(29)13-15-27(21,5)26(23)14-16-28(24,25)6/h10,18-22,24-26,29H,7-9,11-17H2,1-6H3/t19-,20-,21-,22+,24-,25+,26+,27+,28-/m1/s1. The molecule has 1 nitrogen and oxygen atoms in total. The topological polar surface area (TPSA) is 20.2 Å². The molecule has 166 valence electrons. The molecule has 4 aliphatic carbocycles. The minimum absolute atomic E-state index is 0.0400. The van der Waals surface area contributed by atoms with E-state index in [0.717, 1.165) is 54.3 Å². The molecule has 0 heterocycles. The van der Waals surface area contributed by atoms with Crippen LogP contribution in [-0.2, 0) is 0 Å². The molecular weight excluding hydrogens is 352 g/mol. The Morgan fingerprint density at radius 1 is 0.931 bits per heavy atom. The van der Waals surface area contributed by atoms with Crippen molar-refractivity contribution in [3.63, 3.8) is 0 Å². The van der Waals surface area contributed by atoms with Crippen LogP contribution in [0, 0.1) is 52.3 Å². The summed E-state index contributed by atoms with van der Waals surface area (Å²) in [5.41, 5.74) is 2.88. The van der Waals surface area contributed by atoms with E-state index in [1.807, 2.05) is 5.57 Å². The first-order valence-corrected chi connectivity index (χ1v) is 13.0. The predicted octanol–water partition coefficient (Wildman–Crippen LogP) is 7.63. The van der Waals surface area contributed by atoms with Crippen molar-refractivity contribution in [2.45, 2.75) is 112 Å². The second-order valence-corrected chi connectivity index (χ2v) is 12.7. The van der Waals surface area contributed by atoms with Gasteiger partial charge in [-0.3, -0.25) is 0 Å². The first-order chi connectivity index (χ1) is 13.7. The van der Waals surface area contributed by atoms with Gasteiger partial charge in [0.2, 0.25) is 0 Å². The van der Waals surface area contributed by atoms with Crippen LogP contribution < -0.4 is 0 Å². The highest BCUT2D eigenvalue weighted by atomic mass is 16.3. The maximum absolute atomic E-state index is 10.2. The molecule has 0 aromatic heterocycles. The summed E-state index contributed by atoms with van der Waals surface area (Å²) in [4.78, 5) is 0. The van der Waals surface area contributed by atoms with Gasteiger partial charge >= 0.3 is 0 Å². The molecule has 1 heteroatoms. The molecule has 0 aromatic rings. The Kier molecular flexibility index (Phi) is 6.04. The summed E-state index contributed by atoms with van der Waals surface area (Å²) in [6, 6.07) is 0. The van der Waals surface area contributed by atoms with Gasteiger partial charge in [0.05, 0.1) is 6.10 Å². The highest BCUT2D eigenvalue weighted by molar-refractivity contribution is 5.27. The SMILES string of the molecule is CC(C)[C@H](C)CC[C@@H](C)[C@H]1CC[C@H]2C3=CC[C@@H]4C[C@@H](O)CC[C@]4(C)[C@H]3CC[C@]12C. The lowest BCUT2D eigenvalue weighted by molar-refractivity contribution is -0.0428. The smallest absolute Gasteiger partial charge is 0.0543 e. The Balaban J connectivity index is 1.50. The molecule has 3 fully saturated rings. The van der Waals surface area contributed by atoms with Crippen LogP contribution in [0.1, 0.15) is 106 Å². The molecule has 0 aromatic carbocycles. The van der Waals surface area contributed by atoms with Gasteiger partial charge in [-0.1, -0.05) is 66.0 Å². The molecular formula is C28H48O. The van der Waals surface area contributed by atoms with Crippen LogP contribution in [0.25, 0.3) is 0 Å². The van der Waals surface area contributed by atoms with Crippen molar-refractivity contribution < 1.29 is 5.11 Å². The average Bonchev–Trinajstić information content (AvgIpc) is 3.03. The zero-order chi connectivity index (χ0) is 21.0. The van der Waals surface area contributed by atoms with Gasteiger partial charge < -0.3 is 5.11 Å². The zero-order valence-electron chi connectivity index (χ0n) is 20.2. The number of aliphatic hydroxyl groups excluding tert-OH is 1. The molecule has 9 atom stereocenters. The van der Waals surface area contributed by atoms with Crippen LogP contribution in [0.5, 0.6) is 0 Å². The summed E-state index contributed by atoms with van der Waals surface area (Å²) in [6.07, 6.45) is 15.8. The van der Waals surface area contributed by atoms with Crippen molar-refractivity contribution in [3.05, 3.63) is 11.6 Å². The quantitative estimate of drug-likeness (QED) is 0.470. The van der Waals surface area contributed by atoms with E-state index in [2.05, 4.69) is 47.6 Å². The van der Waals surface area contributed by atoms with Gasteiger partial charge in [-0.2, -0.15) is 0 Å². The zero-order valence-corrected chi connectivity index (χ0v) is 20.2. The summed E-state index contributed by atoms with van der Waals surface area (Å²) in [6.45, 7) is 15.1. The molecule has 0 saturated heterocycles. The van der Waals surface area contributed by atoms with E-state index in [0.29, 0.717) is 10.8 Å². The van der Waals surface area contributed by atoms with E-state index in [9.17, 15) is 5.11 Å². The van der Waals surface area contributed by atoms with Gasteiger partial charge in [0.15, 0.2) is 0 Å². The first-order valence-electron chi connectivity index (χ1n) is 13.0. The molecule has 0 bridgehead atoms. The van der Waals surface area contributed by atoms with Crippen molar-refractivity contribution >= 4 is 0 Å². The molecule has 4 aliphatic rings. The lowest BCUT2D eigenvalue weighted by atomic mass is 9.47. The predicted molar refractivity (Wildman–Crippen MR) is 124 cm³/mol. The third kappa shape index (κ3) is 3.66. The Bertz CT molecular complexity index is 620. The van der Waals surface area contributed by atoms with Gasteiger partial charge in [-0.15, -0.1) is 0 Å². The molecule has 0 amide bonds. The number of allylic oxidation sites excluding steroid dienone is 2. The highest BCUT2D eigenvalue weighted by Crippen LogP contribution is 2.67. The summed E-state index contributed by atoms with van der Waals surface area (Å²) >= 11 is 0. The molecule has 4 rings (SSSR count). The molecule has 0 aliphatic heterocycles. The normalized spacial score (nSPS) is 46.5. The highest BCUT2D eigenvalue weighted by Gasteiger charge is 2.58. The molecule has 0 unspecified atom stereocenters. The molecule has 29 heavy (non-hydrogen) atoms. The number of aliphatic hydroxyl groups is 1. The van der Waals surface area contributed by atoms with E-state index in [-0.39, 0.29) is 6.10 Å². The monoisotopic (exact) mass is 400 g/mol. The summed E-state index contributed by atoms with van der Waals surface area (Å²) in [5.74, 6) is 5.85. The van der Waals surface area contributed by atoms with Gasteiger partial charge in [0.1, 0.15) is 0 Å². The Labute approximate surface area is 181 Å². The fourth-order valence-corrected chi connectivity index (χ4v) is 8.53. The van der Waals surface area contributed by atoms with E-state index in [1.165, 1.54) is 51.4 Å². The van der Waals surface area contributed by atoms with Crippen LogP contribution in [0.3, 0.4) is 0 Å². The second-order valence-electron chi connectivity index (χ2n) is 12.7. The maximum Gasteiger partial charge on any atom is 0.0543 e. The van der Waals surface area contributed by atoms with Gasteiger partial charge in [-0.05, 0) is 104 Å². The van der Waals surface area contributed by atoms with Crippen LogP contribution in [0.2, 0.25) is 0 Å². The molecule has 0 radical (unpaired) electrons. The number of hydrogen-bond acceptors (Lipinski definition) is 1. The average molecular weight is 401 g/mol. The first kappa shape index (κ1) is 21.9. The Morgan fingerprint density at radius 3 is 2.34 bits per heavy atom. The third-order valence-electron chi connectivity index (χ3n) is 11.0. The van der Waals surface area contributed by atoms with Crippen LogP contribution >= 0.6 is 0 Å². The van der Waals surface area contributed by atoms with E-state index < -0.39 is 0 Å². The van der Waals surface area contributed by atoms with Crippen LogP contribution in [-0.4, -0.2) is 11.2 Å². The van der Waals surface area contributed by atoms with Gasteiger partial charge in [0.25, 0.3) is 0 Å². The molecule has 1 N–H and O–H groups in total. The maximum atomic E-state index is 10.2. The fourth-order valence-electron chi connectivity index (χ4n) is 8.53. The largest absolute Gasteiger partial charge is 0.393 e. The van der Waals surface area contributed by atoms with E-state index in [1.54, 1.807) is 0 Å². The van der Waals surface area contributed by atoms with Crippen molar-refractivity contribution in [1.29, 1.82) is 0 Å². The van der Waals surface area contributed by atoms with Crippen molar-refractivity contribution in [2.75, 3.05) is 0 Å².